The van der Waals surface area contributed by atoms with Crippen LogP contribution in [-0.4, -0.2) is 38.0 Å². The molecule has 2 heterocycles. The zero-order valence-electron chi connectivity index (χ0n) is 12.0. The van der Waals surface area contributed by atoms with Crippen LogP contribution in [0.25, 0.3) is 0 Å². The van der Waals surface area contributed by atoms with E-state index in [4.69, 9.17) is 32.7 Å². The van der Waals surface area contributed by atoms with Crippen molar-refractivity contribution in [3.63, 3.8) is 0 Å². The summed E-state index contributed by atoms with van der Waals surface area (Å²) in [4.78, 5) is 0. The van der Waals surface area contributed by atoms with E-state index in [1.54, 1.807) is 6.07 Å². The summed E-state index contributed by atoms with van der Waals surface area (Å²) in [5, 5.41) is 5.07. The predicted octanol–water partition coefficient (Wildman–Crippen LogP) is 3.46. The fraction of sp³-hybridized carbons (Fsp3) is 0.625. The molecule has 0 radical (unpaired) electrons. The number of hydrogen-bond donors (Lipinski definition) is 1. The van der Waals surface area contributed by atoms with E-state index in [1.807, 2.05) is 12.1 Å². The minimum absolute atomic E-state index is 0.0339. The molecular formula is C16H21Cl2NO2. The first-order valence-corrected chi connectivity index (χ1v) is 8.32. The Morgan fingerprint density at radius 3 is 2.95 bits per heavy atom. The molecule has 21 heavy (non-hydrogen) atoms. The third kappa shape index (κ3) is 3.91. The highest BCUT2D eigenvalue weighted by Gasteiger charge is 2.40. The van der Waals surface area contributed by atoms with Gasteiger partial charge in [-0.1, -0.05) is 29.3 Å². The van der Waals surface area contributed by atoms with Crippen LogP contribution in [-0.2, 0) is 15.9 Å². The third-order valence-electron chi connectivity index (χ3n) is 4.40. The molecular weight excluding hydrogens is 309 g/mol. The predicted molar refractivity (Wildman–Crippen MR) is 85.3 cm³/mol. The number of hydrogen-bond acceptors (Lipinski definition) is 3. The lowest BCUT2D eigenvalue weighted by Crippen LogP contribution is -2.47. The molecule has 0 saturated carbocycles. The first-order chi connectivity index (χ1) is 10.2. The maximum absolute atomic E-state index is 6.20. The van der Waals surface area contributed by atoms with Crippen LogP contribution < -0.4 is 5.32 Å². The van der Waals surface area contributed by atoms with Crippen molar-refractivity contribution in [2.45, 2.75) is 37.3 Å². The fourth-order valence-electron chi connectivity index (χ4n) is 3.20. The van der Waals surface area contributed by atoms with E-state index in [1.165, 1.54) is 0 Å². The van der Waals surface area contributed by atoms with Crippen molar-refractivity contribution >= 4 is 23.2 Å². The van der Waals surface area contributed by atoms with Crippen LogP contribution in [0.3, 0.4) is 0 Å². The molecule has 3 rings (SSSR count). The molecule has 2 unspecified atom stereocenters. The standard InChI is InChI=1S/C16H21Cl2NO2/c17-13-2-1-12(15(18)9-13)3-6-19-14-4-7-21-16(10-14)5-8-20-11-16/h1-2,9,14,19H,3-8,10-11H2. The highest BCUT2D eigenvalue weighted by molar-refractivity contribution is 6.35. The molecule has 2 fully saturated rings. The van der Waals surface area contributed by atoms with Gasteiger partial charge in [0.05, 0.1) is 12.2 Å². The molecule has 5 heteroatoms. The smallest absolute Gasteiger partial charge is 0.0951 e. The summed E-state index contributed by atoms with van der Waals surface area (Å²) < 4.78 is 11.5. The summed E-state index contributed by atoms with van der Waals surface area (Å²) in [5.74, 6) is 0. The van der Waals surface area contributed by atoms with Crippen molar-refractivity contribution in [1.29, 1.82) is 0 Å². The Morgan fingerprint density at radius 1 is 1.29 bits per heavy atom. The van der Waals surface area contributed by atoms with E-state index in [9.17, 15) is 0 Å². The molecule has 2 aliphatic heterocycles. The maximum atomic E-state index is 6.20. The zero-order chi connectivity index (χ0) is 14.7. The van der Waals surface area contributed by atoms with Gasteiger partial charge in [-0.3, -0.25) is 0 Å². The summed E-state index contributed by atoms with van der Waals surface area (Å²) >= 11 is 12.1. The van der Waals surface area contributed by atoms with Crippen LogP contribution in [0, 0.1) is 0 Å². The second kappa shape index (κ2) is 6.84. The fourth-order valence-corrected chi connectivity index (χ4v) is 3.70. The number of nitrogens with one attached hydrogen (secondary N) is 1. The number of halogens is 2. The van der Waals surface area contributed by atoms with E-state index < -0.39 is 0 Å². The minimum atomic E-state index is -0.0339. The van der Waals surface area contributed by atoms with E-state index in [-0.39, 0.29) is 5.60 Å². The molecule has 1 aromatic carbocycles. The van der Waals surface area contributed by atoms with Gasteiger partial charge in [0.2, 0.25) is 0 Å². The molecule has 3 nitrogen and oxygen atoms in total. The van der Waals surface area contributed by atoms with Crippen LogP contribution in [0.5, 0.6) is 0 Å². The van der Waals surface area contributed by atoms with Crippen LogP contribution in [0.15, 0.2) is 18.2 Å². The SMILES string of the molecule is Clc1ccc(CCNC2CCOC3(CCOC3)C2)c(Cl)c1. The van der Waals surface area contributed by atoms with Gasteiger partial charge in [-0.05, 0) is 43.5 Å². The second-order valence-corrected chi connectivity index (χ2v) is 6.81. The van der Waals surface area contributed by atoms with Gasteiger partial charge in [-0.15, -0.1) is 0 Å². The van der Waals surface area contributed by atoms with Crippen LogP contribution in [0.1, 0.15) is 24.8 Å². The van der Waals surface area contributed by atoms with E-state index in [2.05, 4.69) is 5.32 Å². The normalized spacial score (nSPS) is 29.1. The quantitative estimate of drug-likeness (QED) is 0.917. The summed E-state index contributed by atoms with van der Waals surface area (Å²) in [6.45, 7) is 3.31. The van der Waals surface area contributed by atoms with Crippen LogP contribution in [0.4, 0.5) is 0 Å². The molecule has 0 aromatic heterocycles. The molecule has 1 aromatic rings. The molecule has 2 atom stereocenters. The molecule has 0 aliphatic carbocycles. The first kappa shape index (κ1) is 15.6. The van der Waals surface area contributed by atoms with Gasteiger partial charge in [0.1, 0.15) is 0 Å². The van der Waals surface area contributed by atoms with Gasteiger partial charge in [0.15, 0.2) is 0 Å². The Morgan fingerprint density at radius 2 is 2.19 bits per heavy atom. The molecule has 116 valence electrons. The lowest BCUT2D eigenvalue weighted by molar-refractivity contribution is -0.0891. The van der Waals surface area contributed by atoms with Gasteiger partial charge in [0.25, 0.3) is 0 Å². The first-order valence-electron chi connectivity index (χ1n) is 7.56. The topological polar surface area (TPSA) is 30.5 Å². The summed E-state index contributed by atoms with van der Waals surface area (Å²) in [6.07, 6.45) is 4.04. The van der Waals surface area contributed by atoms with Crippen molar-refractivity contribution in [3.05, 3.63) is 33.8 Å². The monoisotopic (exact) mass is 329 g/mol. The van der Waals surface area contributed by atoms with Crippen molar-refractivity contribution < 1.29 is 9.47 Å². The molecule has 1 spiro atoms. The Labute approximate surface area is 135 Å². The largest absolute Gasteiger partial charge is 0.378 e. The number of ether oxygens (including phenoxy) is 2. The maximum Gasteiger partial charge on any atom is 0.0951 e. The summed E-state index contributed by atoms with van der Waals surface area (Å²) in [7, 11) is 0. The van der Waals surface area contributed by atoms with Crippen LogP contribution >= 0.6 is 23.2 Å². The van der Waals surface area contributed by atoms with Crippen molar-refractivity contribution in [3.8, 4) is 0 Å². The highest BCUT2D eigenvalue weighted by Crippen LogP contribution is 2.32. The highest BCUT2D eigenvalue weighted by atomic mass is 35.5. The zero-order valence-corrected chi connectivity index (χ0v) is 13.6. The number of rotatable bonds is 4. The number of benzene rings is 1. The van der Waals surface area contributed by atoms with Gasteiger partial charge >= 0.3 is 0 Å². The lowest BCUT2D eigenvalue weighted by atomic mass is 9.89. The second-order valence-electron chi connectivity index (χ2n) is 5.96. The van der Waals surface area contributed by atoms with Crippen molar-refractivity contribution in [2.24, 2.45) is 0 Å². The lowest BCUT2D eigenvalue weighted by Gasteiger charge is -2.37. The van der Waals surface area contributed by atoms with Gasteiger partial charge in [-0.2, -0.15) is 0 Å². The van der Waals surface area contributed by atoms with E-state index >= 15 is 0 Å². The molecule has 0 amide bonds. The van der Waals surface area contributed by atoms with Crippen LogP contribution in [0.2, 0.25) is 10.0 Å². The van der Waals surface area contributed by atoms with Gasteiger partial charge in [0, 0.05) is 35.7 Å². The Hall–Kier alpha value is -0.320. The minimum Gasteiger partial charge on any atom is -0.378 e. The third-order valence-corrected chi connectivity index (χ3v) is 4.99. The molecule has 0 bridgehead atoms. The molecule has 2 saturated heterocycles. The average Bonchev–Trinajstić information content (AvgIpc) is 2.89. The van der Waals surface area contributed by atoms with Gasteiger partial charge in [-0.25, -0.2) is 0 Å². The Balaban J connectivity index is 1.48. The molecule has 1 N–H and O–H groups in total. The molecule has 2 aliphatic rings. The van der Waals surface area contributed by atoms with E-state index in [0.717, 1.165) is 62.6 Å². The van der Waals surface area contributed by atoms with Crippen molar-refractivity contribution in [2.75, 3.05) is 26.4 Å². The Kier molecular flexibility index (Phi) is 5.07. The van der Waals surface area contributed by atoms with Crippen molar-refractivity contribution in [1.82, 2.24) is 5.32 Å². The van der Waals surface area contributed by atoms with E-state index in [0.29, 0.717) is 11.1 Å². The average molecular weight is 330 g/mol. The van der Waals surface area contributed by atoms with Gasteiger partial charge < -0.3 is 14.8 Å². The summed E-state index contributed by atoms with van der Waals surface area (Å²) in [6, 6.07) is 6.20. The Bertz CT molecular complexity index is 489. The summed E-state index contributed by atoms with van der Waals surface area (Å²) in [5.41, 5.74) is 1.10.